The third-order valence-electron chi connectivity index (χ3n) is 3.45. The maximum absolute atomic E-state index is 12.0. The molecule has 1 unspecified atom stereocenters. The van der Waals surface area contributed by atoms with E-state index < -0.39 is 26.9 Å². The average Bonchev–Trinajstić information content (AvgIpc) is 2.37. The summed E-state index contributed by atoms with van der Waals surface area (Å²) in [5.74, 6) is -0.521. The first-order chi connectivity index (χ1) is 8.64. The normalized spacial score (nSPS) is 22.2. The molecule has 0 spiro atoms. The molecule has 19 heavy (non-hydrogen) atoms. The monoisotopic (exact) mass is 293 g/mol. The fourth-order valence-corrected chi connectivity index (χ4v) is 3.31. The number of rotatable bonds is 4. The number of nitrogens with two attached hydrogens (primary N) is 1. The summed E-state index contributed by atoms with van der Waals surface area (Å²) >= 11 is 0. The molecule has 1 rings (SSSR count). The Kier molecular flexibility index (Phi) is 4.94. The van der Waals surface area contributed by atoms with Crippen LogP contribution in [0.1, 0.15) is 20.8 Å². The maximum atomic E-state index is 12.0. The lowest BCUT2D eigenvalue weighted by atomic mass is 10.1. The number of esters is 1. The molecule has 2 N–H and O–H groups in total. The molecule has 0 amide bonds. The van der Waals surface area contributed by atoms with E-state index in [2.05, 4.69) is 4.74 Å². The number of piperazine rings is 1. The van der Waals surface area contributed by atoms with Gasteiger partial charge in [-0.1, -0.05) is 0 Å². The maximum Gasteiger partial charge on any atom is 0.340 e. The molecular weight excluding hydrogens is 270 g/mol. The third-order valence-corrected chi connectivity index (χ3v) is 5.73. The largest absolute Gasteiger partial charge is 0.467 e. The molecule has 0 aromatic heterocycles. The Morgan fingerprint density at radius 2 is 1.74 bits per heavy atom. The Labute approximate surface area is 114 Å². The van der Waals surface area contributed by atoms with Crippen LogP contribution in [0.15, 0.2) is 0 Å². The van der Waals surface area contributed by atoms with Gasteiger partial charge in [-0.05, 0) is 20.8 Å². The fraction of sp³-hybridized carbons (Fsp3) is 0.909. The van der Waals surface area contributed by atoms with Crippen LogP contribution < -0.4 is 5.73 Å². The zero-order chi connectivity index (χ0) is 14.8. The van der Waals surface area contributed by atoms with E-state index in [-0.39, 0.29) is 0 Å². The van der Waals surface area contributed by atoms with Gasteiger partial charge >= 0.3 is 5.97 Å². The van der Waals surface area contributed by atoms with Crippen LogP contribution in [0.4, 0.5) is 0 Å². The van der Waals surface area contributed by atoms with Crippen LogP contribution in [-0.2, 0) is 19.6 Å². The second-order valence-electron chi connectivity index (χ2n) is 5.12. The van der Waals surface area contributed by atoms with E-state index in [1.807, 2.05) is 0 Å². The molecule has 1 heterocycles. The number of hydrogen-bond acceptors (Lipinski definition) is 6. The van der Waals surface area contributed by atoms with Gasteiger partial charge in [0.25, 0.3) is 0 Å². The van der Waals surface area contributed by atoms with Gasteiger partial charge in [0.05, 0.1) is 12.4 Å². The minimum absolute atomic E-state index is 0.338. The highest BCUT2D eigenvalue weighted by Crippen LogP contribution is 2.17. The van der Waals surface area contributed by atoms with E-state index in [1.165, 1.54) is 11.4 Å². The summed E-state index contributed by atoms with van der Waals surface area (Å²) in [6.45, 7) is 6.38. The van der Waals surface area contributed by atoms with E-state index in [9.17, 15) is 13.2 Å². The van der Waals surface area contributed by atoms with Crippen LogP contribution in [0.5, 0.6) is 0 Å². The van der Waals surface area contributed by atoms with Crippen molar-refractivity contribution in [1.29, 1.82) is 0 Å². The number of ether oxygens (including phenoxy) is 1. The van der Waals surface area contributed by atoms with Crippen molar-refractivity contribution >= 4 is 16.0 Å². The SMILES string of the molecule is COC(=O)C(C)(N)N1CCN(S(=O)(=O)C(C)C)CC1. The van der Waals surface area contributed by atoms with Gasteiger partial charge in [-0.2, -0.15) is 4.31 Å². The molecule has 112 valence electrons. The summed E-state index contributed by atoms with van der Waals surface area (Å²) in [5.41, 5.74) is 4.72. The number of methoxy groups -OCH3 is 1. The molecule has 1 atom stereocenters. The van der Waals surface area contributed by atoms with Gasteiger partial charge in [-0.15, -0.1) is 0 Å². The van der Waals surface area contributed by atoms with Crippen molar-refractivity contribution in [2.24, 2.45) is 5.73 Å². The standard InChI is InChI=1S/C11H23N3O4S/c1-9(2)19(16,17)14-7-5-13(6-8-14)11(3,12)10(15)18-4/h9H,5-8,12H2,1-4H3. The molecule has 0 aromatic rings. The molecule has 7 nitrogen and oxygen atoms in total. The quantitative estimate of drug-likeness (QED) is 0.682. The summed E-state index contributed by atoms with van der Waals surface area (Å²) in [5, 5.41) is -0.441. The lowest BCUT2D eigenvalue weighted by molar-refractivity contribution is -0.154. The average molecular weight is 293 g/mol. The molecule has 1 aliphatic heterocycles. The van der Waals surface area contributed by atoms with Gasteiger partial charge in [0.2, 0.25) is 10.0 Å². The molecule has 0 saturated carbocycles. The summed E-state index contributed by atoms with van der Waals surface area (Å²) in [6, 6.07) is 0. The van der Waals surface area contributed by atoms with Crippen LogP contribution in [0.3, 0.4) is 0 Å². The van der Waals surface area contributed by atoms with Crippen LogP contribution >= 0.6 is 0 Å². The number of nitrogens with zero attached hydrogens (tertiary/aromatic N) is 2. The zero-order valence-corrected chi connectivity index (χ0v) is 12.7. The summed E-state index contributed by atoms with van der Waals surface area (Å²) < 4.78 is 30.1. The second-order valence-corrected chi connectivity index (χ2v) is 7.61. The van der Waals surface area contributed by atoms with Crippen molar-refractivity contribution < 1.29 is 17.9 Å². The molecule has 0 radical (unpaired) electrons. The Balaban J connectivity index is 2.71. The minimum Gasteiger partial charge on any atom is -0.467 e. The summed E-state index contributed by atoms with van der Waals surface area (Å²) in [7, 11) is -1.96. The first-order valence-electron chi connectivity index (χ1n) is 6.25. The van der Waals surface area contributed by atoms with Crippen LogP contribution in [-0.4, -0.2) is 67.8 Å². The second kappa shape index (κ2) is 5.74. The Hall–Kier alpha value is -0.700. The molecule has 8 heteroatoms. The highest BCUT2D eigenvalue weighted by Gasteiger charge is 2.40. The fourth-order valence-electron chi connectivity index (χ4n) is 2.04. The van der Waals surface area contributed by atoms with Gasteiger partial charge in [-0.25, -0.2) is 13.2 Å². The van der Waals surface area contributed by atoms with Gasteiger partial charge in [0.1, 0.15) is 0 Å². The van der Waals surface area contributed by atoms with E-state index in [1.54, 1.807) is 25.7 Å². The topological polar surface area (TPSA) is 92.9 Å². The minimum atomic E-state index is -3.25. The van der Waals surface area contributed by atoms with E-state index in [0.717, 1.165) is 0 Å². The molecule has 0 aliphatic carbocycles. The third kappa shape index (κ3) is 3.25. The summed E-state index contributed by atoms with van der Waals surface area (Å²) in [6.07, 6.45) is 0. The number of sulfonamides is 1. The molecule has 1 saturated heterocycles. The van der Waals surface area contributed by atoms with Crippen LogP contribution in [0.2, 0.25) is 0 Å². The van der Waals surface area contributed by atoms with Crippen molar-refractivity contribution in [2.45, 2.75) is 31.7 Å². The molecule has 1 aliphatic rings. The van der Waals surface area contributed by atoms with Crippen molar-refractivity contribution in [2.75, 3.05) is 33.3 Å². The first kappa shape index (κ1) is 16.4. The Bertz CT molecular complexity index is 425. The van der Waals surface area contributed by atoms with E-state index in [0.29, 0.717) is 26.2 Å². The van der Waals surface area contributed by atoms with Crippen molar-refractivity contribution in [3.8, 4) is 0 Å². The zero-order valence-electron chi connectivity index (χ0n) is 11.9. The van der Waals surface area contributed by atoms with Gasteiger partial charge in [-0.3, -0.25) is 4.90 Å². The van der Waals surface area contributed by atoms with Crippen LogP contribution in [0.25, 0.3) is 0 Å². The number of carbonyl (C=O) groups is 1. The predicted molar refractivity (Wildman–Crippen MR) is 71.8 cm³/mol. The van der Waals surface area contributed by atoms with E-state index in [4.69, 9.17) is 5.73 Å². The van der Waals surface area contributed by atoms with Crippen molar-refractivity contribution in [3.63, 3.8) is 0 Å². The molecular formula is C11H23N3O4S. The summed E-state index contributed by atoms with van der Waals surface area (Å²) in [4.78, 5) is 13.3. The highest BCUT2D eigenvalue weighted by molar-refractivity contribution is 7.89. The van der Waals surface area contributed by atoms with Gasteiger partial charge in [0, 0.05) is 26.2 Å². The van der Waals surface area contributed by atoms with Crippen molar-refractivity contribution in [1.82, 2.24) is 9.21 Å². The first-order valence-corrected chi connectivity index (χ1v) is 7.75. The number of hydrogen-bond donors (Lipinski definition) is 1. The predicted octanol–water partition coefficient (Wildman–Crippen LogP) is -0.810. The molecule has 0 bridgehead atoms. The highest BCUT2D eigenvalue weighted by atomic mass is 32.2. The number of carbonyl (C=O) groups excluding carboxylic acids is 1. The van der Waals surface area contributed by atoms with Crippen molar-refractivity contribution in [3.05, 3.63) is 0 Å². The van der Waals surface area contributed by atoms with Gasteiger partial charge < -0.3 is 10.5 Å². The Morgan fingerprint density at radius 3 is 2.11 bits per heavy atom. The Morgan fingerprint density at radius 1 is 1.26 bits per heavy atom. The molecule has 0 aromatic carbocycles. The lowest BCUT2D eigenvalue weighted by Gasteiger charge is -2.41. The van der Waals surface area contributed by atoms with Crippen LogP contribution in [0, 0.1) is 0 Å². The smallest absolute Gasteiger partial charge is 0.340 e. The lowest BCUT2D eigenvalue weighted by Crippen LogP contribution is -2.65. The van der Waals surface area contributed by atoms with Gasteiger partial charge in [0.15, 0.2) is 5.66 Å². The molecule has 1 fully saturated rings. The van der Waals surface area contributed by atoms with E-state index >= 15 is 0 Å².